The highest BCUT2D eigenvalue weighted by atomic mass is 35.5. The molecule has 1 aliphatic rings. The SMILES string of the molecule is CC1CCC(C(C)C)C(SCC(=O)Cl)C1. The molecule has 0 aromatic rings. The maximum Gasteiger partial charge on any atom is 0.231 e. The first-order valence-electron chi connectivity index (χ1n) is 5.80. The second-order valence-electron chi connectivity index (χ2n) is 5.03. The van der Waals surface area contributed by atoms with E-state index in [0.717, 1.165) is 17.8 Å². The third-order valence-electron chi connectivity index (χ3n) is 3.37. The van der Waals surface area contributed by atoms with Crippen molar-refractivity contribution in [1.82, 2.24) is 0 Å². The molecule has 15 heavy (non-hydrogen) atoms. The zero-order chi connectivity index (χ0) is 11.4. The first-order chi connectivity index (χ1) is 7.00. The van der Waals surface area contributed by atoms with Gasteiger partial charge in [-0.15, -0.1) is 11.8 Å². The normalized spacial score (nSPS) is 31.9. The lowest BCUT2D eigenvalue weighted by Gasteiger charge is -2.36. The molecule has 1 saturated carbocycles. The van der Waals surface area contributed by atoms with Crippen molar-refractivity contribution < 1.29 is 4.79 Å². The predicted molar refractivity (Wildman–Crippen MR) is 68.4 cm³/mol. The zero-order valence-electron chi connectivity index (χ0n) is 9.83. The Morgan fingerprint density at radius 2 is 2.13 bits per heavy atom. The molecular weight excluding hydrogens is 228 g/mol. The topological polar surface area (TPSA) is 17.1 Å². The summed E-state index contributed by atoms with van der Waals surface area (Å²) >= 11 is 7.17. The molecule has 0 bridgehead atoms. The first-order valence-corrected chi connectivity index (χ1v) is 7.23. The minimum atomic E-state index is -0.208. The van der Waals surface area contributed by atoms with Gasteiger partial charge in [-0.1, -0.05) is 27.2 Å². The lowest BCUT2D eigenvalue weighted by atomic mass is 9.77. The summed E-state index contributed by atoms with van der Waals surface area (Å²) in [4.78, 5) is 10.8. The van der Waals surface area contributed by atoms with Crippen LogP contribution < -0.4 is 0 Å². The van der Waals surface area contributed by atoms with Crippen molar-refractivity contribution in [3.63, 3.8) is 0 Å². The number of carbonyl (C=O) groups is 1. The molecule has 1 aliphatic carbocycles. The van der Waals surface area contributed by atoms with Crippen LogP contribution in [0, 0.1) is 17.8 Å². The molecule has 1 fully saturated rings. The Kier molecular flexibility index (Phi) is 5.48. The summed E-state index contributed by atoms with van der Waals surface area (Å²) in [5.74, 6) is 2.77. The molecular formula is C12H21ClOS. The van der Waals surface area contributed by atoms with Gasteiger partial charge in [-0.3, -0.25) is 4.79 Å². The molecule has 3 heteroatoms. The van der Waals surface area contributed by atoms with Crippen LogP contribution in [0.4, 0.5) is 0 Å². The molecule has 0 heterocycles. The van der Waals surface area contributed by atoms with Crippen molar-refractivity contribution in [2.75, 3.05) is 5.75 Å². The van der Waals surface area contributed by atoms with Crippen LogP contribution in [0.15, 0.2) is 0 Å². The minimum Gasteiger partial charge on any atom is -0.280 e. The van der Waals surface area contributed by atoms with Gasteiger partial charge in [-0.2, -0.15) is 0 Å². The molecule has 0 amide bonds. The van der Waals surface area contributed by atoms with E-state index in [2.05, 4.69) is 20.8 Å². The van der Waals surface area contributed by atoms with Gasteiger partial charge in [0.25, 0.3) is 0 Å². The van der Waals surface area contributed by atoms with Gasteiger partial charge in [0.05, 0.1) is 5.75 Å². The number of hydrogen-bond acceptors (Lipinski definition) is 2. The van der Waals surface area contributed by atoms with Gasteiger partial charge in [-0.25, -0.2) is 0 Å². The summed E-state index contributed by atoms with van der Waals surface area (Å²) < 4.78 is 0. The van der Waals surface area contributed by atoms with Crippen LogP contribution in [0.5, 0.6) is 0 Å². The molecule has 88 valence electrons. The quantitative estimate of drug-likeness (QED) is 0.701. The molecule has 0 spiro atoms. The molecule has 0 aromatic carbocycles. The Morgan fingerprint density at radius 1 is 1.47 bits per heavy atom. The number of carbonyl (C=O) groups excluding carboxylic acids is 1. The van der Waals surface area contributed by atoms with Crippen molar-refractivity contribution >= 4 is 28.6 Å². The first kappa shape index (κ1) is 13.4. The Balaban J connectivity index is 2.50. The fourth-order valence-corrected chi connectivity index (χ4v) is 4.18. The van der Waals surface area contributed by atoms with E-state index in [4.69, 9.17) is 11.6 Å². The van der Waals surface area contributed by atoms with Crippen molar-refractivity contribution in [2.24, 2.45) is 17.8 Å². The van der Waals surface area contributed by atoms with Gasteiger partial charge in [0.1, 0.15) is 0 Å². The molecule has 0 radical (unpaired) electrons. The van der Waals surface area contributed by atoms with Crippen LogP contribution in [0.3, 0.4) is 0 Å². The molecule has 3 unspecified atom stereocenters. The van der Waals surface area contributed by atoms with Crippen LogP contribution in [-0.2, 0) is 4.79 Å². The predicted octanol–water partition coefficient (Wildman–Crippen LogP) is 3.95. The van der Waals surface area contributed by atoms with Gasteiger partial charge in [-0.05, 0) is 42.2 Å². The van der Waals surface area contributed by atoms with E-state index in [1.165, 1.54) is 19.3 Å². The monoisotopic (exact) mass is 248 g/mol. The van der Waals surface area contributed by atoms with E-state index in [1.54, 1.807) is 11.8 Å². The van der Waals surface area contributed by atoms with E-state index in [0.29, 0.717) is 11.0 Å². The van der Waals surface area contributed by atoms with E-state index < -0.39 is 0 Å². The van der Waals surface area contributed by atoms with E-state index >= 15 is 0 Å². The average molecular weight is 249 g/mol. The third-order valence-corrected chi connectivity index (χ3v) is 5.06. The maximum absolute atomic E-state index is 10.8. The van der Waals surface area contributed by atoms with Crippen molar-refractivity contribution in [3.05, 3.63) is 0 Å². The summed E-state index contributed by atoms with van der Waals surface area (Å²) in [6, 6.07) is 0. The summed E-state index contributed by atoms with van der Waals surface area (Å²) in [5, 5.41) is 0.428. The number of halogens is 1. The largest absolute Gasteiger partial charge is 0.280 e. The molecule has 0 N–H and O–H groups in total. The molecule has 0 aliphatic heterocycles. The highest BCUT2D eigenvalue weighted by Crippen LogP contribution is 2.40. The number of hydrogen-bond donors (Lipinski definition) is 0. The molecule has 1 rings (SSSR count). The molecule has 1 nitrogen and oxygen atoms in total. The van der Waals surface area contributed by atoms with E-state index in [9.17, 15) is 4.79 Å². The number of thioether (sulfide) groups is 1. The van der Waals surface area contributed by atoms with Crippen LogP contribution in [0.1, 0.15) is 40.0 Å². The lowest BCUT2D eigenvalue weighted by Crippen LogP contribution is -2.30. The van der Waals surface area contributed by atoms with Gasteiger partial charge >= 0.3 is 0 Å². The third kappa shape index (κ3) is 4.36. The Hall–Kier alpha value is 0.310. The second-order valence-corrected chi connectivity index (χ2v) is 6.68. The van der Waals surface area contributed by atoms with Crippen LogP contribution in [0.2, 0.25) is 0 Å². The molecule has 0 aromatic heterocycles. The Labute approximate surface area is 102 Å². The lowest BCUT2D eigenvalue weighted by molar-refractivity contribution is -0.109. The summed E-state index contributed by atoms with van der Waals surface area (Å²) in [6.45, 7) is 6.89. The van der Waals surface area contributed by atoms with Gasteiger partial charge in [0, 0.05) is 5.25 Å². The second kappa shape index (κ2) is 6.15. The Bertz CT molecular complexity index is 218. The van der Waals surface area contributed by atoms with Crippen molar-refractivity contribution in [3.8, 4) is 0 Å². The van der Waals surface area contributed by atoms with Crippen molar-refractivity contribution in [2.45, 2.75) is 45.3 Å². The summed E-state index contributed by atoms with van der Waals surface area (Å²) in [7, 11) is 0. The molecule has 0 saturated heterocycles. The van der Waals surface area contributed by atoms with Gasteiger partial charge < -0.3 is 0 Å². The van der Waals surface area contributed by atoms with Crippen LogP contribution in [-0.4, -0.2) is 16.2 Å². The summed E-state index contributed by atoms with van der Waals surface area (Å²) in [5.41, 5.74) is 0. The fourth-order valence-electron chi connectivity index (χ4n) is 2.48. The minimum absolute atomic E-state index is 0.208. The smallest absolute Gasteiger partial charge is 0.231 e. The van der Waals surface area contributed by atoms with E-state index in [1.807, 2.05) is 0 Å². The zero-order valence-corrected chi connectivity index (χ0v) is 11.4. The maximum atomic E-state index is 10.8. The van der Waals surface area contributed by atoms with E-state index in [-0.39, 0.29) is 5.24 Å². The average Bonchev–Trinajstić information content (AvgIpc) is 2.14. The highest BCUT2D eigenvalue weighted by molar-refractivity contribution is 8.00. The molecule has 3 atom stereocenters. The standard InChI is InChI=1S/C12H21ClOS/c1-8(2)10-5-4-9(3)6-11(10)15-7-12(13)14/h8-11H,4-7H2,1-3H3. The van der Waals surface area contributed by atoms with Crippen LogP contribution >= 0.6 is 23.4 Å². The highest BCUT2D eigenvalue weighted by Gasteiger charge is 2.31. The Morgan fingerprint density at radius 3 is 2.67 bits per heavy atom. The van der Waals surface area contributed by atoms with Crippen molar-refractivity contribution in [1.29, 1.82) is 0 Å². The van der Waals surface area contributed by atoms with Gasteiger partial charge in [0.15, 0.2) is 0 Å². The summed E-state index contributed by atoms with van der Waals surface area (Å²) in [6.07, 6.45) is 3.90. The van der Waals surface area contributed by atoms with Gasteiger partial charge in [0.2, 0.25) is 5.24 Å². The fraction of sp³-hybridized carbons (Fsp3) is 0.917. The number of rotatable bonds is 4. The van der Waals surface area contributed by atoms with Crippen LogP contribution in [0.25, 0.3) is 0 Å².